The van der Waals surface area contributed by atoms with Crippen LogP contribution >= 0.6 is 0 Å². The number of allylic oxidation sites excluding steroid dienone is 1. The maximum absolute atomic E-state index is 14.8. The normalized spacial score (nSPS) is 10.3. The first kappa shape index (κ1) is 17.0. The van der Waals surface area contributed by atoms with E-state index in [2.05, 4.69) is 37.5 Å². The summed E-state index contributed by atoms with van der Waals surface area (Å²) in [6.07, 6.45) is 4.75. The predicted molar refractivity (Wildman–Crippen MR) is 104 cm³/mol. The van der Waals surface area contributed by atoms with Gasteiger partial charge in [-0.05, 0) is 54.0 Å². The van der Waals surface area contributed by atoms with Crippen molar-refractivity contribution in [2.75, 3.05) is 0 Å². The van der Waals surface area contributed by atoms with Crippen molar-refractivity contribution in [2.45, 2.75) is 26.2 Å². The molecule has 0 bridgehead atoms. The van der Waals surface area contributed by atoms with Crippen LogP contribution in [-0.4, -0.2) is 0 Å². The Morgan fingerprint density at radius 2 is 1.72 bits per heavy atom. The summed E-state index contributed by atoms with van der Waals surface area (Å²) >= 11 is 0. The largest absolute Gasteiger partial charge is 0.205 e. The molecule has 0 atom stereocenters. The van der Waals surface area contributed by atoms with Gasteiger partial charge < -0.3 is 0 Å². The summed E-state index contributed by atoms with van der Waals surface area (Å²) in [5.74, 6) is 5.78. The van der Waals surface area contributed by atoms with Crippen molar-refractivity contribution in [3.63, 3.8) is 0 Å². The highest BCUT2D eigenvalue weighted by atomic mass is 19.1. The number of hydrogen-bond donors (Lipinski definition) is 0. The highest BCUT2D eigenvalue weighted by Crippen LogP contribution is 2.23. The molecule has 0 spiro atoms. The van der Waals surface area contributed by atoms with E-state index in [4.69, 9.17) is 0 Å². The minimum Gasteiger partial charge on any atom is -0.205 e. The van der Waals surface area contributed by atoms with Crippen LogP contribution in [0.15, 0.2) is 67.3 Å². The number of fused-ring (bicyclic) bond motifs is 1. The first-order chi connectivity index (χ1) is 12.2. The molecule has 0 amide bonds. The third-order valence-electron chi connectivity index (χ3n) is 4.36. The van der Waals surface area contributed by atoms with Gasteiger partial charge in [-0.25, -0.2) is 4.39 Å². The molecule has 3 rings (SSSR count). The highest BCUT2D eigenvalue weighted by molar-refractivity contribution is 5.85. The van der Waals surface area contributed by atoms with Crippen LogP contribution in [0.1, 0.15) is 35.6 Å². The second kappa shape index (κ2) is 7.81. The monoisotopic (exact) mass is 328 g/mol. The van der Waals surface area contributed by atoms with E-state index in [1.807, 2.05) is 42.5 Å². The predicted octanol–water partition coefficient (Wildman–Crippen LogP) is 6.06. The van der Waals surface area contributed by atoms with Crippen LogP contribution in [0.5, 0.6) is 0 Å². The van der Waals surface area contributed by atoms with Crippen LogP contribution in [0.4, 0.5) is 4.39 Å². The van der Waals surface area contributed by atoms with Crippen molar-refractivity contribution >= 4 is 10.8 Å². The van der Waals surface area contributed by atoms with E-state index >= 15 is 0 Å². The number of aryl methyl sites for hydroxylation is 2. The lowest BCUT2D eigenvalue weighted by Gasteiger charge is -2.05. The Bertz CT molecular complexity index is 953. The van der Waals surface area contributed by atoms with E-state index in [1.54, 1.807) is 6.07 Å². The standard InChI is InChI=1S/C24H21F/c1-3-5-6-20-12-16-23-22(17-20)15-14-21(24(23)25)13-11-19-9-7-18(4-2)8-10-19/h3,7-10,12,14-17H,1,4-6H2,2H3. The van der Waals surface area contributed by atoms with E-state index in [1.165, 1.54) is 11.1 Å². The Kier molecular flexibility index (Phi) is 5.31. The van der Waals surface area contributed by atoms with Crippen molar-refractivity contribution in [2.24, 2.45) is 0 Å². The number of benzene rings is 3. The van der Waals surface area contributed by atoms with Gasteiger partial charge >= 0.3 is 0 Å². The Hall–Kier alpha value is -2.85. The van der Waals surface area contributed by atoms with E-state index in [9.17, 15) is 4.39 Å². The summed E-state index contributed by atoms with van der Waals surface area (Å²) in [7, 11) is 0. The fourth-order valence-electron chi connectivity index (χ4n) is 2.83. The fraction of sp³-hybridized carbons (Fsp3) is 0.167. The molecule has 0 nitrogen and oxygen atoms in total. The molecule has 25 heavy (non-hydrogen) atoms. The maximum atomic E-state index is 14.8. The minimum atomic E-state index is -0.245. The van der Waals surface area contributed by atoms with Crippen LogP contribution < -0.4 is 0 Å². The van der Waals surface area contributed by atoms with Gasteiger partial charge in [-0.1, -0.05) is 61.2 Å². The zero-order chi connectivity index (χ0) is 17.6. The first-order valence-corrected chi connectivity index (χ1v) is 8.64. The average molecular weight is 328 g/mol. The molecule has 124 valence electrons. The molecule has 0 saturated carbocycles. The van der Waals surface area contributed by atoms with Gasteiger partial charge in [-0.2, -0.15) is 0 Å². The molecule has 0 radical (unpaired) electrons. The van der Waals surface area contributed by atoms with Gasteiger partial charge in [0, 0.05) is 10.9 Å². The first-order valence-electron chi connectivity index (χ1n) is 8.64. The zero-order valence-corrected chi connectivity index (χ0v) is 14.5. The van der Waals surface area contributed by atoms with Crippen LogP contribution in [0.2, 0.25) is 0 Å². The number of halogens is 1. The molecule has 0 fully saturated rings. The van der Waals surface area contributed by atoms with Crippen molar-refractivity contribution in [3.8, 4) is 11.8 Å². The average Bonchev–Trinajstić information content (AvgIpc) is 2.66. The van der Waals surface area contributed by atoms with Crippen molar-refractivity contribution in [1.29, 1.82) is 0 Å². The smallest absolute Gasteiger partial charge is 0.146 e. The SMILES string of the molecule is C=CCCc1ccc2c(F)c(C#Cc3ccc(CC)cc3)ccc2c1. The molecule has 0 saturated heterocycles. The van der Waals surface area contributed by atoms with Crippen molar-refractivity contribution < 1.29 is 4.39 Å². The molecular weight excluding hydrogens is 307 g/mol. The lowest BCUT2D eigenvalue weighted by Crippen LogP contribution is -1.89. The van der Waals surface area contributed by atoms with Crippen LogP contribution in [-0.2, 0) is 12.8 Å². The molecule has 3 aromatic rings. The van der Waals surface area contributed by atoms with Gasteiger partial charge in [-0.3, -0.25) is 0 Å². The fourth-order valence-corrected chi connectivity index (χ4v) is 2.83. The second-order valence-electron chi connectivity index (χ2n) is 6.11. The summed E-state index contributed by atoms with van der Waals surface area (Å²) in [5, 5.41) is 1.53. The van der Waals surface area contributed by atoms with Gasteiger partial charge in [0.2, 0.25) is 0 Å². The lowest BCUT2D eigenvalue weighted by molar-refractivity contribution is 0.636. The summed E-state index contributed by atoms with van der Waals surface area (Å²) in [4.78, 5) is 0. The molecular formula is C24H21F. The molecule has 1 heteroatoms. The maximum Gasteiger partial charge on any atom is 0.146 e. The van der Waals surface area contributed by atoms with E-state index in [-0.39, 0.29) is 5.82 Å². The third-order valence-corrected chi connectivity index (χ3v) is 4.36. The molecule has 3 aromatic carbocycles. The van der Waals surface area contributed by atoms with Gasteiger partial charge in [0.1, 0.15) is 5.82 Å². The molecule has 0 aliphatic rings. The lowest BCUT2D eigenvalue weighted by atomic mass is 10.0. The van der Waals surface area contributed by atoms with E-state index < -0.39 is 0 Å². The van der Waals surface area contributed by atoms with Crippen molar-refractivity contribution in [3.05, 3.63) is 95.3 Å². The van der Waals surface area contributed by atoms with Gasteiger partial charge in [0.15, 0.2) is 0 Å². The summed E-state index contributed by atoms with van der Waals surface area (Å²) < 4.78 is 14.8. The quantitative estimate of drug-likeness (QED) is 0.403. The van der Waals surface area contributed by atoms with Gasteiger partial charge in [-0.15, -0.1) is 6.58 Å². The Balaban J connectivity index is 1.91. The Morgan fingerprint density at radius 3 is 2.44 bits per heavy atom. The molecule has 0 unspecified atom stereocenters. The molecule has 0 heterocycles. The topological polar surface area (TPSA) is 0 Å². The van der Waals surface area contributed by atoms with E-state index in [0.717, 1.165) is 30.2 Å². The highest BCUT2D eigenvalue weighted by Gasteiger charge is 2.06. The molecule has 0 aliphatic carbocycles. The van der Waals surface area contributed by atoms with Crippen LogP contribution in [0.25, 0.3) is 10.8 Å². The summed E-state index contributed by atoms with van der Waals surface area (Å²) in [6, 6.07) is 17.7. The second-order valence-corrected chi connectivity index (χ2v) is 6.11. The Morgan fingerprint density at radius 1 is 0.960 bits per heavy atom. The van der Waals surface area contributed by atoms with Crippen LogP contribution in [0, 0.1) is 17.7 Å². The molecule has 0 aromatic heterocycles. The zero-order valence-electron chi connectivity index (χ0n) is 14.5. The molecule has 0 aliphatic heterocycles. The number of hydrogen-bond acceptors (Lipinski definition) is 0. The van der Waals surface area contributed by atoms with Gasteiger partial charge in [0.05, 0.1) is 5.56 Å². The van der Waals surface area contributed by atoms with Crippen LogP contribution in [0.3, 0.4) is 0 Å². The summed E-state index contributed by atoms with van der Waals surface area (Å²) in [5.41, 5.74) is 3.80. The minimum absolute atomic E-state index is 0.245. The number of rotatable bonds is 4. The molecule has 0 N–H and O–H groups in total. The van der Waals surface area contributed by atoms with Crippen molar-refractivity contribution in [1.82, 2.24) is 0 Å². The third kappa shape index (κ3) is 3.98. The van der Waals surface area contributed by atoms with E-state index in [0.29, 0.717) is 10.9 Å². The van der Waals surface area contributed by atoms with Gasteiger partial charge in [0.25, 0.3) is 0 Å². The summed E-state index contributed by atoms with van der Waals surface area (Å²) in [6.45, 7) is 5.86. The Labute approximate surface area is 149 Å².